The van der Waals surface area contributed by atoms with Crippen LogP contribution in [0.4, 0.5) is 0 Å². The average Bonchev–Trinajstić information content (AvgIpc) is 1.88. The molecule has 3 heteroatoms. The van der Waals surface area contributed by atoms with Crippen molar-refractivity contribution >= 4 is 22.6 Å². The minimum atomic E-state index is 0.962. The molecule has 0 aromatic carbocycles. The monoisotopic (exact) mass is 234 g/mol. The first-order chi connectivity index (χ1) is 4.33. The van der Waals surface area contributed by atoms with Gasteiger partial charge in [0.15, 0.2) is 0 Å². The third-order valence-electron chi connectivity index (χ3n) is 1.02. The number of rotatable bonds is 1. The summed E-state index contributed by atoms with van der Waals surface area (Å²) in [6.45, 7) is 2.07. The SMILES string of the molecule is CCc1cncc(I)n1. The van der Waals surface area contributed by atoms with Crippen LogP contribution in [0.5, 0.6) is 0 Å². The van der Waals surface area contributed by atoms with E-state index in [1.807, 2.05) is 0 Å². The van der Waals surface area contributed by atoms with E-state index in [1.54, 1.807) is 12.4 Å². The molecule has 2 nitrogen and oxygen atoms in total. The zero-order chi connectivity index (χ0) is 6.69. The van der Waals surface area contributed by atoms with Crippen molar-refractivity contribution in [2.24, 2.45) is 0 Å². The van der Waals surface area contributed by atoms with Crippen LogP contribution in [0.2, 0.25) is 0 Å². The van der Waals surface area contributed by atoms with Crippen LogP contribution in [0, 0.1) is 3.70 Å². The van der Waals surface area contributed by atoms with Gasteiger partial charge in [-0.2, -0.15) is 0 Å². The molecule has 0 aliphatic carbocycles. The molecule has 0 bridgehead atoms. The lowest BCUT2D eigenvalue weighted by Crippen LogP contribution is -1.89. The molecule has 1 aromatic rings. The third-order valence-corrected chi connectivity index (χ3v) is 1.54. The van der Waals surface area contributed by atoms with Crippen molar-refractivity contribution in [3.63, 3.8) is 0 Å². The summed E-state index contributed by atoms with van der Waals surface area (Å²) in [7, 11) is 0. The predicted molar refractivity (Wildman–Crippen MR) is 44.1 cm³/mol. The van der Waals surface area contributed by atoms with Gasteiger partial charge in [-0.3, -0.25) is 4.98 Å². The third kappa shape index (κ3) is 1.89. The summed E-state index contributed by atoms with van der Waals surface area (Å²) in [6, 6.07) is 0. The number of nitrogens with zero attached hydrogens (tertiary/aromatic N) is 2. The second kappa shape index (κ2) is 3.10. The lowest BCUT2D eigenvalue weighted by Gasteiger charge is -1.92. The van der Waals surface area contributed by atoms with E-state index in [-0.39, 0.29) is 0 Å². The molecule has 0 spiro atoms. The van der Waals surface area contributed by atoms with Gasteiger partial charge in [0.25, 0.3) is 0 Å². The molecule has 0 aliphatic heterocycles. The molecular formula is C6H7IN2. The van der Waals surface area contributed by atoms with E-state index < -0.39 is 0 Å². The van der Waals surface area contributed by atoms with Gasteiger partial charge in [-0.25, -0.2) is 4.98 Å². The molecule has 1 aromatic heterocycles. The van der Waals surface area contributed by atoms with Crippen molar-refractivity contribution in [3.8, 4) is 0 Å². The van der Waals surface area contributed by atoms with Crippen LogP contribution in [0.25, 0.3) is 0 Å². The number of halogens is 1. The van der Waals surface area contributed by atoms with Crippen LogP contribution in [0.15, 0.2) is 12.4 Å². The molecule has 0 saturated carbocycles. The zero-order valence-corrected chi connectivity index (χ0v) is 7.29. The Balaban J connectivity index is 2.94. The fraction of sp³-hybridized carbons (Fsp3) is 0.333. The summed E-state index contributed by atoms with van der Waals surface area (Å²) in [4.78, 5) is 8.20. The predicted octanol–water partition coefficient (Wildman–Crippen LogP) is 1.64. The van der Waals surface area contributed by atoms with Gasteiger partial charge in [0.1, 0.15) is 3.70 Å². The lowest BCUT2D eigenvalue weighted by atomic mass is 10.4. The van der Waals surface area contributed by atoms with Crippen LogP contribution < -0.4 is 0 Å². The Hall–Kier alpha value is -0.190. The second-order valence-electron chi connectivity index (χ2n) is 1.69. The van der Waals surface area contributed by atoms with Crippen molar-refractivity contribution in [1.82, 2.24) is 9.97 Å². The van der Waals surface area contributed by atoms with Gasteiger partial charge >= 0.3 is 0 Å². The molecule has 1 heterocycles. The summed E-state index contributed by atoms with van der Waals surface area (Å²) >= 11 is 2.16. The maximum absolute atomic E-state index is 4.22. The normalized spacial score (nSPS) is 9.56. The highest BCUT2D eigenvalue weighted by atomic mass is 127. The van der Waals surface area contributed by atoms with Crippen LogP contribution in [-0.4, -0.2) is 9.97 Å². The number of hydrogen-bond donors (Lipinski definition) is 0. The van der Waals surface area contributed by atoms with Crippen molar-refractivity contribution in [3.05, 3.63) is 21.8 Å². The summed E-state index contributed by atoms with van der Waals surface area (Å²) in [6.07, 6.45) is 4.51. The quantitative estimate of drug-likeness (QED) is 0.690. The summed E-state index contributed by atoms with van der Waals surface area (Å²) in [5.74, 6) is 0. The Bertz CT molecular complexity index is 200. The highest BCUT2D eigenvalue weighted by molar-refractivity contribution is 14.1. The molecule has 0 radical (unpaired) electrons. The Morgan fingerprint density at radius 3 is 2.78 bits per heavy atom. The molecule has 0 aliphatic rings. The van der Waals surface area contributed by atoms with Crippen LogP contribution in [0.1, 0.15) is 12.6 Å². The maximum atomic E-state index is 4.22. The molecule has 0 fully saturated rings. The molecule has 1 rings (SSSR count). The lowest BCUT2D eigenvalue weighted by molar-refractivity contribution is 0.982. The van der Waals surface area contributed by atoms with Crippen LogP contribution in [-0.2, 0) is 6.42 Å². The highest BCUT2D eigenvalue weighted by Crippen LogP contribution is 1.99. The largest absolute Gasteiger partial charge is 0.260 e. The van der Waals surface area contributed by atoms with Gasteiger partial charge in [-0.15, -0.1) is 0 Å². The van der Waals surface area contributed by atoms with E-state index in [2.05, 4.69) is 39.5 Å². The Morgan fingerprint density at radius 2 is 2.33 bits per heavy atom. The fourth-order valence-corrected chi connectivity index (χ4v) is 1.02. The Morgan fingerprint density at radius 1 is 1.56 bits per heavy atom. The fourth-order valence-electron chi connectivity index (χ4n) is 0.550. The van der Waals surface area contributed by atoms with Gasteiger partial charge in [0, 0.05) is 6.20 Å². The summed E-state index contributed by atoms with van der Waals surface area (Å²) in [5, 5.41) is 0. The zero-order valence-electron chi connectivity index (χ0n) is 5.13. The number of aryl methyl sites for hydroxylation is 1. The maximum Gasteiger partial charge on any atom is 0.119 e. The van der Waals surface area contributed by atoms with Gasteiger partial charge in [-0.05, 0) is 29.0 Å². The first-order valence-corrected chi connectivity index (χ1v) is 3.87. The summed E-state index contributed by atoms with van der Waals surface area (Å²) in [5.41, 5.74) is 1.06. The van der Waals surface area contributed by atoms with E-state index in [9.17, 15) is 0 Å². The van der Waals surface area contributed by atoms with Crippen molar-refractivity contribution in [2.75, 3.05) is 0 Å². The highest BCUT2D eigenvalue weighted by Gasteiger charge is 1.90. The molecule has 9 heavy (non-hydrogen) atoms. The molecule has 0 N–H and O–H groups in total. The number of aromatic nitrogens is 2. The van der Waals surface area contributed by atoms with Gasteiger partial charge in [0.05, 0.1) is 11.9 Å². The molecule has 0 atom stereocenters. The molecule has 0 amide bonds. The van der Waals surface area contributed by atoms with Crippen molar-refractivity contribution < 1.29 is 0 Å². The first kappa shape index (κ1) is 6.92. The van der Waals surface area contributed by atoms with Gasteiger partial charge in [-0.1, -0.05) is 6.92 Å². The van der Waals surface area contributed by atoms with Crippen LogP contribution >= 0.6 is 22.6 Å². The van der Waals surface area contributed by atoms with Gasteiger partial charge in [0.2, 0.25) is 0 Å². The van der Waals surface area contributed by atoms with Crippen LogP contribution in [0.3, 0.4) is 0 Å². The van der Waals surface area contributed by atoms with E-state index in [1.165, 1.54) is 0 Å². The van der Waals surface area contributed by atoms with E-state index >= 15 is 0 Å². The van der Waals surface area contributed by atoms with Crippen molar-refractivity contribution in [1.29, 1.82) is 0 Å². The second-order valence-corrected chi connectivity index (χ2v) is 2.79. The molecular weight excluding hydrogens is 227 g/mol. The topological polar surface area (TPSA) is 25.8 Å². The molecule has 0 unspecified atom stereocenters. The van der Waals surface area contributed by atoms with E-state index in [4.69, 9.17) is 0 Å². The standard InChI is InChI=1S/C6H7IN2/c1-2-5-3-8-4-6(7)9-5/h3-4H,2H2,1H3. The van der Waals surface area contributed by atoms with Gasteiger partial charge < -0.3 is 0 Å². The average molecular weight is 234 g/mol. The van der Waals surface area contributed by atoms with E-state index in [0.717, 1.165) is 15.8 Å². The van der Waals surface area contributed by atoms with E-state index in [0.29, 0.717) is 0 Å². The number of hydrogen-bond acceptors (Lipinski definition) is 2. The minimum Gasteiger partial charge on any atom is -0.260 e. The van der Waals surface area contributed by atoms with Crippen molar-refractivity contribution in [2.45, 2.75) is 13.3 Å². The Kier molecular flexibility index (Phi) is 2.38. The Labute approximate surface area is 67.9 Å². The minimum absolute atomic E-state index is 0.962. The first-order valence-electron chi connectivity index (χ1n) is 2.79. The molecule has 0 saturated heterocycles. The summed E-state index contributed by atoms with van der Waals surface area (Å²) < 4.78 is 0.965. The smallest absolute Gasteiger partial charge is 0.119 e. The molecule has 48 valence electrons.